The van der Waals surface area contributed by atoms with Crippen LogP contribution in [-0.2, 0) is 35.7 Å². The number of nitrogens with zero attached hydrogens (tertiary/aromatic N) is 1. The molecule has 0 spiro atoms. The fraction of sp³-hybridized carbons (Fsp3) is 0.667. The number of fused-ring (bicyclic) bond motifs is 2. The number of carbonyl (C=O) groups is 1. The predicted molar refractivity (Wildman–Crippen MR) is 109 cm³/mol. The molecule has 2 fully saturated rings. The summed E-state index contributed by atoms with van der Waals surface area (Å²) in [4.78, 5) is 14.9. The molecule has 0 atom stereocenters. The van der Waals surface area contributed by atoms with E-state index >= 15 is 0 Å². The zero-order valence-electron chi connectivity index (χ0n) is 16.5. The van der Waals surface area contributed by atoms with E-state index in [4.69, 9.17) is 0 Å². The zero-order valence-corrected chi connectivity index (χ0v) is 17.3. The van der Waals surface area contributed by atoms with Crippen LogP contribution in [0.4, 0.5) is 10.5 Å². The van der Waals surface area contributed by atoms with Crippen molar-refractivity contribution in [3.8, 4) is 0 Å². The molecular weight excluding hydrogens is 374 g/mol. The molecule has 0 aromatic heterocycles. The Morgan fingerprint density at radius 3 is 2.25 bits per heavy atom. The Bertz CT molecular complexity index is 900. The normalized spacial score (nSPS) is 22.1. The maximum absolute atomic E-state index is 12.7. The second-order valence-corrected chi connectivity index (χ2v) is 10.8. The van der Waals surface area contributed by atoms with Crippen LogP contribution in [0.5, 0.6) is 0 Å². The highest BCUT2D eigenvalue weighted by molar-refractivity contribution is 7.90. The number of hydrogen-bond donors (Lipinski definition) is 2. The fourth-order valence-electron chi connectivity index (χ4n) is 5.23. The number of aryl methyl sites for hydroxylation is 2. The zero-order chi connectivity index (χ0) is 19.5. The average Bonchev–Trinajstić information content (AvgIpc) is 3.52. The molecule has 0 heterocycles. The van der Waals surface area contributed by atoms with Gasteiger partial charge >= 0.3 is 6.03 Å². The van der Waals surface area contributed by atoms with Crippen LogP contribution >= 0.6 is 0 Å². The number of urea groups is 1. The van der Waals surface area contributed by atoms with Crippen molar-refractivity contribution in [3.63, 3.8) is 0 Å². The van der Waals surface area contributed by atoms with E-state index in [9.17, 15) is 13.2 Å². The molecule has 1 aromatic rings. The SMILES string of the molecule is CN(C1CC1)C1(CS(=O)(=O)NC(=O)Nc2c3c(cc4c2CCC4)CCC3)CC1. The van der Waals surface area contributed by atoms with Gasteiger partial charge in [-0.15, -0.1) is 0 Å². The van der Waals surface area contributed by atoms with E-state index in [1.165, 1.54) is 22.3 Å². The molecule has 0 saturated heterocycles. The first kappa shape index (κ1) is 18.4. The van der Waals surface area contributed by atoms with Gasteiger partial charge in [-0.3, -0.25) is 4.90 Å². The van der Waals surface area contributed by atoms with Crippen LogP contribution in [0, 0.1) is 0 Å². The summed E-state index contributed by atoms with van der Waals surface area (Å²) in [6.07, 6.45) is 10.3. The molecule has 1 aromatic carbocycles. The fourth-order valence-corrected chi connectivity index (χ4v) is 6.83. The Labute approximate surface area is 167 Å². The van der Waals surface area contributed by atoms with Crippen molar-refractivity contribution in [2.45, 2.75) is 75.8 Å². The summed E-state index contributed by atoms with van der Waals surface area (Å²) in [5.41, 5.74) is 5.67. The van der Waals surface area contributed by atoms with E-state index < -0.39 is 16.1 Å². The highest BCUT2D eigenvalue weighted by atomic mass is 32.2. The second-order valence-electron chi connectivity index (χ2n) is 9.12. The Balaban J connectivity index is 1.31. The molecule has 4 aliphatic rings. The molecule has 2 amide bonds. The number of nitrogens with one attached hydrogen (secondary N) is 2. The number of anilines is 1. The molecule has 2 N–H and O–H groups in total. The summed E-state index contributed by atoms with van der Waals surface area (Å²) in [6.45, 7) is 0. The molecule has 152 valence electrons. The lowest BCUT2D eigenvalue weighted by atomic mass is 9.99. The van der Waals surface area contributed by atoms with Crippen LogP contribution in [0.15, 0.2) is 6.07 Å². The van der Waals surface area contributed by atoms with Gasteiger partial charge in [0.05, 0.1) is 5.75 Å². The summed E-state index contributed by atoms with van der Waals surface area (Å²) < 4.78 is 27.7. The number of carbonyl (C=O) groups excluding carboxylic acids is 1. The third kappa shape index (κ3) is 3.32. The van der Waals surface area contributed by atoms with Crippen molar-refractivity contribution in [2.75, 3.05) is 18.1 Å². The first-order valence-electron chi connectivity index (χ1n) is 10.6. The Hall–Kier alpha value is -1.60. The lowest BCUT2D eigenvalue weighted by Crippen LogP contribution is -2.46. The molecule has 6 nitrogen and oxygen atoms in total. The van der Waals surface area contributed by atoms with Crippen LogP contribution in [0.25, 0.3) is 0 Å². The Kier molecular flexibility index (Phi) is 4.25. The maximum Gasteiger partial charge on any atom is 0.332 e. The third-order valence-electron chi connectivity index (χ3n) is 7.09. The van der Waals surface area contributed by atoms with Gasteiger partial charge in [-0.25, -0.2) is 17.9 Å². The van der Waals surface area contributed by atoms with E-state index in [0.717, 1.165) is 69.9 Å². The predicted octanol–water partition coefficient (Wildman–Crippen LogP) is 2.74. The molecule has 0 bridgehead atoms. The van der Waals surface area contributed by atoms with Gasteiger partial charge in [-0.2, -0.15) is 0 Å². The summed E-state index contributed by atoms with van der Waals surface area (Å²) in [6, 6.07) is 2.20. The van der Waals surface area contributed by atoms with Gasteiger partial charge in [-0.05, 0) is 93.5 Å². The molecular formula is C21H29N3O3S. The number of hydrogen-bond acceptors (Lipinski definition) is 4. The summed E-state index contributed by atoms with van der Waals surface area (Å²) in [5.74, 6) is 0.00538. The van der Waals surface area contributed by atoms with Crippen LogP contribution in [0.3, 0.4) is 0 Å². The smallest absolute Gasteiger partial charge is 0.307 e. The molecule has 5 rings (SSSR count). The Morgan fingerprint density at radius 2 is 1.71 bits per heavy atom. The minimum Gasteiger partial charge on any atom is -0.307 e. The van der Waals surface area contributed by atoms with Crippen molar-refractivity contribution in [1.29, 1.82) is 0 Å². The topological polar surface area (TPSA) is 78.5 Å². The van der Waals surface area contributed by atoms with E-state index in [1.54, 1.807) is 0 Å². The summed E-state index contributed by atoms with van der Waals surface area (Å²) in [7, 11) is -1.65. The largest absolute Gasteiger partial charge is 0.332 e. The van der Waals surface area contributed by atoms with Crippen LogP contribution in [0.1, 0.15) is 60.8 Å². The lowest BCUT2D eigenvalue weighted by Gasteiger charge is -2.27. The minimum absolute atomic E-state index is 0.00538. The van der Waals surface area contributed by atoms with Gasteiger partial charge in [-0.1, -0.05) is 6.07 Å². The molecule has 4 aliphatic carbocycles. The number of amides is 2. The first-order valence-corrected chi connectivity index (χ1v) is 12.2. The molecule has 0 aliphatic heterocycles. The van der Waals surface area contributed by atoms with E-state index in [-0.39, 0.29) is 11.3 Å². The Morgan fingerprint density at radius 1 is 1.11 bits per heavy atom. The summed E-state index contributed by atoms with van der Waals surface area (Å²) in [5, 5.41) is 2.93. The van der Waals surface area contributed by atoms with Gasteiger partial charge in [0.15, 0.2) is 0 Å². The van der Waals surface area contributed by atoms with Crippen LogP contribution < -0.4 is 10.0 Å². The minimum atomic E-state index is -3.68. The van der Waals surface area contributed by atoms with Crippen LogP contribution in [-0.4, -0.2) is 43.7 Å². The van der Waals surface area contributed by atoms with Gasteiger partial charge in [0.1, 0.15) is 0 Å². The number of rotatable bonds is 6. The molecule has 2 saturated carbocycles. The molecule has 28 heavy (non-hydrogen) atoms. The average molecular weight is 404 g/mol. The number of benzene rings is 1. The summed E-state index contributed by atoms with van der Waals surface area (Å²) >= 11 is 0. The lowest BCUT2D eigenvalue weighted by molar-refractivity contribution is 0.230. The van der Waals surface area contributed by atoms with Crippen LogP contribution in [0.2, 0.25) is 0 Å². The van der Waals surface area contributed by atoms with E-state index in [0.29, 0.717) is 6.04 Å². The standard InChI is InChI=1S/C21H29N3O3S/c1-24(16-8-9-16)21(10-11-21)13-28(26,27)23-20(25)22-19-17-6-2-4-14(17)12-15-5-3-7-18(15)19/h12,16H,2-11,13H2,1H3,(H2,22,23,25). The quantitative estimate of drug-likeness (QED) is 0.766. The molecule has 0 unspecified atom stereocenters. The van der Waals surface area contributed by atoms with Crippen molar-refractivity contribution in [2.24, 2.45) is 0 Å². The van der Waals surface area contributed by atoms with E-state index in [2.05, 4.69) is 21.0 Å². The molecule has 7 heteroatoms. The van der Waals surface area contributed by atoms with Crippen molar-refractivity contribution >= 4 is 21.7 Å². The number of sulfonamides is 1. The van der Waals surface area contributed by atoms with Crippen molar-refractivity contribution in [3.05, 3.63) is 28.3 Å². The van der Waals surface area contributed by atoms with Crippen molar-refractivity contribution in [1.82, 2.24) is 9.62 Å². The monoisotopic (exact) mass is 403 g/mol. The maximum atomic E-state index is 12.7. The van der Waals surface area contributed by atoms with E-state index in [1.807, 2.05) is 7.05 Å². The highest BCUT2D eigenvalue weighted by Gasteiger charge is 2.53. The van der Waals surface area contributed by atoms with Gasteiger partial charge in [0, 0.05) is 17.3 Å². The van der Waals surface area contributed by atoms with Gasteiger partial charge < -0.3 is 5.32 Å². The first-order chi connectivity index (χ1) is 13.4. The highest BCUT2D eigenvalue weighted by Crippen LogP contribution is 2.47. The third-order valence-corrected chi connectivity index (χ3v) is 8.50. The van der Waals surface area contributed by atoms with Gasteiger partial charge in [0.2, 0.25) is 10.0 Å². The second kappa shape index (κ2) is 6.46. The van der Waals surface area contributed by atoms with Gasteiger partial charge in [0.25, 0.3) is 0 Å². The molecule has 0 radical (unpaired) electrons. The van der Waals surface area contributed by atoms with Crippen molar-refractivity contribution < 1.29 is 13.2 Å².